The van der Waals surface area contributed by atoms with E-state index in [-0.39, 0.29) is 12.0 Å². The Morgan fingerprint density at radius 1 is 1.06 bits per heavy atom. The molecule has 1 atom stereocenters. The summed E-state index contributed by atoms with van der Waals surface area (Å²) in [4.78, 5) is 11.4. The number of aliphatic carboxylic acids is 1. The third kappa shape index (κ3) is 6.28. The van der Waals surface area contributed by atoms with Crippen molar-refractivity contribution in [3.8, 4) is 17.0 Å². The first-order valence-electron chi connectivity index (χ1n) is 12.0. The van der Waals surface area contributed by atoms with E-state index in [2.05, 4.69) is 12.0 Å². The van der Waals surface area contributed by atoms with Crippen LogP contribution in [-0.4, -0.2) is 26.5 Å². The quantitative estimate of drug-likeness (QED) is 0.330. The van der Waals surface area contributed by atoms with Gasteiger partial charge in [-0.25, -0.2) is 4.79 Å². The average molecular weight is 503 g/mol. The number of nitrogens with zero attached hydrogens (tertiary/aromatic N) is 2. The van der Waals surface area contributed by atoms with Crippen LogP contribution in [0.1, 0.15) is 75.4 Å². The second-order valence-electron chi connectivity index (χ2n) is 10.0. The summed E-state index contributed by atoms with van der Waals surface area (Å²) in [5.74, 6) is -0.274. The van der Waals surface area contributed by atoms with Crippen LogP contribution in [0.5, 0.6) is 5.75 Å². The Hall–Kier alpha value is -3.29. The van der Waals surface area contributed by atoms with Crippen molar-refractivity contribution in [3.63, 3.8) is 0 Å². The molecule has 0 fully saturated rings. The predicted molar refractivity (Wildman–Crippen MR) is 133 cm³/mol. The van der Waals surface area contributed by atoms with Crippen molar-refractivity contribution in [2.45, 2.75) is 78.1 Å². The summed E-state index contributed by atoms with van der Waals surface area (Å²) in [6, 6.07) is 12.9. The van der Waals surface area contributed by atoms with Gasteiger partial charge in [0.05, 0.1) is 11.3 Å². The molecule has 0 spiro atoms. The molecule has 3 rings (SSSR count). The second-order valence-corrected chi connectivity index (χ2v) is 10.0. The van der Waals surface area contributed by atoms with Gasteiger partial charge in [-0.3, -0.25) is 4.68 Å². The summed E-state index contributed by atoms with van der Waals surface area (Å²) in [5, 5.41) is 14.0. The maximum atomic E-state index is 12.9. The van der Waals surface area contributed by atoms with E-state index >= 15 is 0 Å². The molecule has 0 radical (unpaired) electrons. The number of alkyl halides is 3. The standard InChI is InChI=1S/C28H33F3N2O3/c1-17(2)33-23(16-24(32-33)20-8-11-22(12-9-20)28(29,30)31)13-7-18(3)21-10-14-25(19(4)15-21)36-27(5,6)26(34)35/h8-12,14-18H,7,13H2,1-6H3,(H,34,35). The van der Waals surface area contributed by atoms with Crippen LogP contribution in [0.25, 0.3) is 11.3 Å². The molecule has 1 heterocycles. The first-order valence-corrected chi connectivity index (χ1v) is 12.0. The molecule has 0 aliphatic rings. The van der Waals surface area contributed by atoms with Gasteiger partial charge in [-0.15, -0.1) is 0 Å². The Morgan fingerprint density at radius 3 is 2.22 bits per heavy atom. The van der Waals surface area contributed by atoms with E-state index in [0.717, 1.165) is 41.8 Å². The van der Waals surface area contributed by atoms with Gasteiger partial charge in [0.15, 0.2) is 5.60 Å². The van der Waals surface area contributed by atoms with Crippen molar-refractivity contribution in [3.05, 3.63) is 70.9 Å². The smallest absolute Gasteiger partial charge is 0.416 e. The van der Waals surface area contributed by atoms with E-state index < -0.39 is 23.3 Å². The average Bonchev–Trinajstić information content (AvgIpc) is 3.23. The number of carboxylic acids is 1. The fourth-order valence-electron chi connectivity index (χ4n) is 3.98. The number of carbonyl (C=O) groups is 1. The molecule has 36 heavy (non-hydrogen) atoms. The molecule has 0 saturated heterocycles. The molecule has 0 bridgehead atoms. The highest BCUT2D eigenvalue weighted by atomic mass is 19.4. The Balaban J connectivity index is 1.75. The lowest BCUT2D eigenvalue weighted by molar-refractivity contribution is -0.152. The van der Waals surface area contributed by atoms with Gasteiger partial charge in [-0.2, -0.15) is 18.3 Å². The molecular weight excluding hydrogens is 469 g/mol. The van der Waals surface area contributed by atoms with Gasteiger partial charge < -0.3 is 9.84 Å². The predicted octanol–water partition coefficient (Wildman–Crippen LogP) is 7.44. The Morgan fingerprint density at radius 2 is 1.69 bits per heavy atom. The summed E-state index contributed by atoms with van der Waals surface area (Å²) in [7, 11) is 0. The molecular formula is C28H33F3N2O3. The fraction of sp³-hybridized carbons (Fsp3) is 0.429. The highest BCUT2D eigenvalue weighted by molar-refractivity contribution is 5.76. The van der Waals surface area contributed by atoms with Crippen molar-refractivity contribution >= 4 is 5.97 Å². The summed E-state index contributed by atoms with van der Waals surface area (Å²) >= 11 is 0. The second kappa shape index (κ2) is 10.4. The number of carboxylic acid groups (broad SMARTS) is 1. The van der Waals surface area contributed by atoms with Gasteiger partial charge in [0.2, 0.25) is 0 Å². The zero-order valence-electron chi connectivity index (χ0n) is 21.5. The highest BCUT2D eigenvalue weighted by Gasteiger charge is 2.31. The van der Waals surface area contributed by atoms with Crippen LogP contribution < -0.4 is 4.74 Å². The minimum Gasteiger partial charge on any atom is -0.478 e. The van der Waals surface area contributed by atoms with Crippen molar-refractivity contribution < 1.29 is 27.8 Å². The molecule has 1 unspecified atom stereocenters. The van der Waals surface area contributed by atoms with Crippen LogP contribution in [0.3, 0.4) is 0 Å². The zero-order valence-corrected chi connectivity index (χ0v) is 21.5. The lowest BCUT2D eigenvalue weighted by Gasteiger charge is -2.23. The number of aromatic nitrogens is 2. The van der Waals surface area contributed by atoms with Crippen LogP contribution in [0.4, 0.5) is 13.2 Å². The van der Waals surface area contributed by atoms with Gasteiger partial charge in [-0.05, 0) is 88.8 Å². The zero-order chi connectivity index (χ0) is 26.8. The van der Waals surface area contributed by atoms with Gasteiger partial charge in [0.25, 0.3) is 0 Å². The van der Waals surface area contributed by atoms with Crippen molar-refractivity contribution in [2.24, 2.45) is 0 Å². The molecule has 0 aliphatic carbocycles. The molecule has 1 aromatic heterocycles. The van der Waals surface area contributed by atoms with E-state index in [1.54, 1.807) is 0 Å². The largest absolute Gasteiger partial charge is 0.478 e. The number of hydrogen-bond acceptors (Lipinski definition) is 3. The van der Waals surface area contributed by atoms with Crippen LogP contribution in [0.15, 0.2) is 48.5 Å². The molecule has 3 aromatic rings. The van der Waals surface area contributed by atoms with E-state index in [1.807, 2.05) is 49.7 Å². The minimum absolute atomic E-state index is 0.106. The third-order valence-corrected chi connectivity index (χ3v) is 6.29. The summed E-state index contributed by atoms with van der Waals surface area (Å²) in [5.41, 5.74) is 2.30. The normalized spacial score (nSPS) is 13.2. The monoisotopic (exact) mass is 502 g/mol. The van der Waals surface area contributed by atoms with Gasteiger partial charge in [0.1, 0.15) is 5.75 Å². The molecule has 1 N–H and O–H groups in total. The number of hydrogen-bond donors (Lipinski definition) is 1. The molecule has 8 heteroatoms. The van der Waals surface area contributed by atoms with Crippen molar-refractivity contribution in [2.75, 3.05) is 0 Å². The van der Waals surface area contributed by atoms with Gasteiger partial charge >= 0.3 is 12.1 Å². The topological polar surface area (TPSA) is 64.4 Å². The lowest BCUT2D eigenvalue weighted by Crippen LogP contribution is -2.38. The first-order chi connectivity index (χ1) is 16.7. The Kier molecular flexibility index (Phi) is 7.86. The SMILES string of the molecule is Cc1cc(C(C)CCc2cc(-c3ccc(C(F)(F)F)cc3)nn2C(C)C)ccc1OC(C)(C)C(=O)O. The maximum absolute atomic E-state index is 12.9. The molecule has 5 nitrogen and oxygen atoms in total. The number of benzene rings is 2. The minimum atomic E-state index is -4.37. The van der Waals surface area contributed by atoms with E-state index in [1.165, 1.54) is 26.0 Å². The number of aryl methyl sites for hydroxylation is 2. The first kappa shape index (κ1) is 27.3. The lowest BCUT2D eigenvalue weighted by atomic mass is 9.93. The van der Waals surface area contributed by atoms with Crippen LogP contribution in [0.2, 0.25) is 0 Å². The summed E-state index contributed by atoms with van der Waals surface area (Å²) < 4.78 is 46.4. The van der Waals surface area contributed by atoms with E-state index in [4.69, 9.17) is 4.74 Å². The van der Waals surface area contributed by atoms with Crippen molar-refractivity contribution in [1.82, 2.24) is 9.78 Å². The molecule has 0 saturated carbocycles. The van der Waals surface area contributed by atoms with Gasteiger partial charge in [0, 0.05) is 17.3 Å². The number of halogens is 3. The highest BCUT2D eigenvalue weighted by Crippen LogP contribution is 2.32. The van der Waals surface area contributed by atoms with E-state index in [9.17, 15) is 23.1 Å². The van der Waals surface area contributed by atoms with Crippen molar-refractivity contribution in [1.29, 1.82) is 0 Å². The molecule has 194 valence electrons. The molecule has 2 aromatic carbocycles. The molecule has 0 aliphatic heterocycles. The number of rotatable bonds is 9. The Labute approximate surface area is 209 Å². The maximum Gasteiger partial charge on any atom is 0.416 e. The van der Waals surface area contributed by atoms with Crippen LogP contribution >= 0.6 is 0 Å². The third-order valence-electron chi connectivity index (χ3n) is 6.29. The van der Waals surface area contributed by atoms with Crippen LogP contribution in [0, 0.1) is 6.92 Å². The Bertz CT molecular complexity index is 1210. The number of ether oxygens (including phenoxy) is 1. The molecule has 0 amide bonds. The fourth-order valence-corrected chi connectivity index (χ4v) is 3.98. The van der Waals surface area contributed by atoms with Gasteiger partial charge in [-0.1, -0.05) is 31.2 Å². The summed E-state index contributed by atoms with van der Waals surface area (Å²) in [6.07, 6.45) is -2.78. The van der Waals surface area contributed by atoms with Crippen LogP contribution in [-0.2, 0) is 17.4 Å². The van der Waals surface area contributed by atoms with E-state index in [0.29, 0.717) is 17.0 Å². The summed E-state index contributed by atoms with van der Waals surface area (Å²) in [6.45, 7) is 11.1.